The van der Waals surface area contributed by atoms with Crippen molar-refractivity contribution < 1.29 is 19.4 Å². The number of hydrogen-bond donors (Lipinski definition) is 2. The molecule has 0 atom stereocenters. The average Bonchev–Trinajstić information content (AvgIpc) is 2.86. The zero-order chi connectivity index (χ0) is 24.9. The number of aryl methyl sites for hydroxylation is 1. The Morgan fingerprint density at radius 3 is 2.44 bits per heavy atom. The molecule has 6 nitrogen and oxygen atoms in total. The lowest BCUT2D eigenvalue weighted by atomic mass is 9.96. The summed E-state index contributed by atoms with van der Waals surface area (Å²) in [5.41, 5.74) is 3.56. The second kappa shape index (κ2) is 13.8. The molecule has 6 heteroatoms. The summed E-state index contributed by atoms with van der Waals surface area (Å²) in [6.07, 6.45) is 1.48. The van der Waals surface area contributed by atoms with Gasteiger partial charge in [-0.1, -0.05) is 56.3 Å². The van der Waals surface area contributed by atoms with E-state index in [0.29, 0.717) is 54.1 Å². The normalized spacial score (nSPS) is 10.0. The van der Waals surface area contributed by atoms with Gasteiger partial charge in [-0.3, -0.25) is 9.59 Å². The lowest BCUT2D eigenvalue weighted by Crippen LogP contribution is -2.30. The van der Waals surface area contributed by atoms with Crippen LogP contribution in [0.25, 0.3) is 0 Å². The highest BCUT2D eigenvalue weighted by atomic mass is 16.5. The van der Waals surface area contributed by atoms with Gasteiger partial charge in [-0.2, -0.15) is 0 Å². The third-order valence-electron chi connectivity index (χ3n) is 5.14. The van der Waals surface area contributed by atoms with Gasteiger partial charge >= 0.3 is 0 Å². The van der Waals surface area contributed by atoms with Gasteiger partial charge in [0.1, 0.15) is 11.5 Å². The van der Waals surface area contributed by atoms with Crippen molar-refractivity contribution in [3.05, 3.63) is 89.0 Å². The van der Waals surface area contributed by atoms with E-state index >= 15 is 0 Å². The first-order chi connectivity index (χ1) is 16.5. The maximum absolute atomic E-state index is 13.4. The molecule has 0 bridgehead atoms. The van der Waals surface area contributed by atoms with Crippen molar-refractivity contribution in [3.8, 4) is 11.5 Å². The number of aliphatic hydroxyl groups is 1. The van der Waals surface area contributed by atoms with Gasteiger partial charge in [0.15, 0.2) is 0 Å². The van der Waals surface area contributed by atoms with Gasteiger partial charge in [-0.15, -0.1) is 0 Å². The lowest BCUT2D eigenvalue weighted by Gasteiger charge is -2.23. The van der Waals surface area contributed by atoms with Gasteiger partial charge < -0.3 is 20.1 Å². The van der Waals surface area contributed by atoms with Crippen LogP contribution in [0.4, 0.5) is 5.69 Å². The highest BCUT2D eigenvalue weighted by molar-refractivity contribution is 6.03. The van der Waals surface area contributed by atoms with Crippen molar-refractivity contribution in [2.45, 2.75) is 33.6 Å². The Bertz CT molecular complexity index is 1070. The van der Waals surface area contributed by atoms with Crippen LogP contribution in [0.2, 0.25) is 0 Å². The molecule has 34 heavy (non-hydrogen) atoms. The van der Waals surface area contributed by atoms with Crippen molar-refractivity contribution in [3.63, 3.8) is 0 Å². The number of nitrogens with zero attached hydrogens (tertiary/aromatic N) is 1. The Morgan fingerprint density at radius 2 is 1.79 bits per heavy atom. The summed E-state index contributed by atoms with van der Waals surface area (Å²) in [5, 5.41) is 11.8. The summed E-state index contributed by atoms with van der Waals surface area (Å²) >= 11 is 0. The molecule has 0 saturated carbocycles. The molecule has 3 rings (SSSR count). The smallest absolute Gasteiger partial charge is 0.256 e. The summed E-state index contributed by atoms with van der Waals surface area (Å²) in [6.45, 7) is 6.37. The molecule has 0 spiro atoms. The minimum absolute atomic E-state index is 0.00948. The fraction of sp³-hybridized carbons (Fsp3) is 0.286. The molecule has 0 unspecified atom stereocenters. The molecule has 0 aliphatic carbocycles. The predicted octanol–water partition coefficient (Wildman–Crippen LogP) is 5.43. The summed E-state index contributed by atoms with van der Waals surface area (Å²) in [6, 6.07) is 20.9. The Morgan fingerprint density at radius 1 is 1.06 bits per heavy atom. The fourth-order valence-corrected chi connectivity index (χ4v) is 3.53. The van der Waals surface area contributed by atoms with Gasteiger partial charge in [0, 0.05) is 32.2 Å². The van der Waals surface area contributed by atoms with Crippen molar-refractivity contribution in [2.24, 2.45) is 0 Å². The van der Waals surface area contributed by atoms with E-state index in [1.165, 1.54) is 0 Å². The lowest BCUT2D eigenvalue weighted by molar-refractivity contribution is -0.105. The Hall–Kier alpha value is -3.64. The molecule has 0 fully saturated rings. The van der Waals surface area contributed by atoms with E-state index in [-0.39, 0.29) is 12.5 Å². The maximum atomic E-state index is 13.4. The van der Waals surface area contributed by atoms with E-state index in [0.717, 1.165) is 11.1 Å². The van der Waals surface area contributed by atoms with Gasteiger partial charge in [0.25, 0.3) is 5.91 Å². The van der Waals surface area contributed by atoms with E-state index < -0.39 is 0 Å². The average molecular weight is 463 g/mol. The molecule has 0 aliphatic heterocycles. The number of hydrogen-bond acceptors (Lipinski definition) is 4. The number of carbonyl (C=O) groups excluding carboxylic acids is 2. The quantitative estimate of drug-likeness (QED) is 0.394. The number of ether oxygens (including phenoxy) is 1. The number of aliphatic hydroxyl groups excluding tert-OH is 1. The second-order valence-electron chi connectivity index (χ2n) is 7.61. The predicted molar refractivity (Wildman–Crippen MR) is 137 cm³/mol. The van der Waals surface area contributed by atoms with Crippen molar-refractivity contribution in [1.29, 1.82) is 0 Å². The number of carbonyl (C=O) groups is 2. The van der Waals surface area contributed by atoms with Crippen molar-refractivity contribution in [2.75, 3.05) is 25.5 Å². The summed E-state index contributed by atoms with van der Waals surface area (Å²) < 4.78 is 6.22. The van der Waals surface area contributed by atoms with E-state index in [4.69, 9.17) is 9.84 Å². The molecule has 0 saturated heterocycles. The molecule has 180 valence electrons. The standard InChI is InChI=1S/C26H28N2O4.C2H6/c1-19-8-6-11-21(16-19)32-24-13-12-23(27-18-30)25(26(31)28(2)14-7-15-29)22(24)17-20-9-4-3-5-10-20;1-2/h3-6,8-13,16,18,29H,7,14-15,17H2,1-2H3,(H,27,30);1-2H3. The Kier molecular flexibility index (Phi) is 10.8. The Labute approximate surface area is 202 Å². The molecule has 0 heterocycles. The number of rotatable bonds is 10. The first-order valence-corrected chi connectivity index (χ1v) is 11.5. The first kappa shape index (κ1) is 26.6. The van der Waals surface area contributed by atoms with Crippen LogP contribution in [-0.2, 0) is 11.2 Å². The largest absolute Gasteiger partial charge is 0.457 e. The minimum Gasteiger partial charge on any atom is -0.457 e. The van der Waals surface area contributed by atoms with Crippen LogP contribution in [0.5, 0.6) is 11.5 Å². The summed E-state index contributed by atoms with van der Waals surface area (Å²) in [5.74, 6) is 0.973. The molecule has 0 aliphatic rings. The van der Waals surface area contributed by atoms with Crippen molar-refractivity contribution >= 4 is 18.0 Å². The summed E-state index contributed by atoms with van der Waals surface area (Å²) in [4.78, 5) is 26.3. The number of amides is 2. The van der Waals surface area contributed by atoms with Crippen LogP contribution in [0.15, 0.2) is 66.7 Å². The van der Waals surface area contributed by atoms with E-state index in [1.807, 2.05) is 75.4 Å². The van der Waals surface area contributed by atoms with E-state index in [1.54, 1.807) is 24.1 Å². The molecule has 2 amide bonds. The number of anilines is 1. The third-order valence-corrected chi connectivity index (χ3v) is 5.14. The zero-order valence-corrected chi connectivity index (χ0v) is 20.4. The molecule has 0 aromatic heterocycles. The third kappa shape index (κ3) is 7.18. The van der Waals surface area contributed by atoms with Crippen LogP contribution < -0.4 is 10.1 Å². The van der Waals surface area contributed by atoms with Crippen molar-refractivity contribution in [1.82, 2.24) is 4.90 Å². The SMILES string of the molecule is CC.Cc1cccc(Oc2ccc(NC=O)c(C(=O)N(C)CCCO)c2Cc2ccccc2)c1. The van der Waals surface area contributed by atoms with Crippen LogP contribution >= 0.6 is 0 Å². The first-order valence-electron chi connectivity index (χ1n) is 11.5. The zero-order valence-electron chi connectivity index (χ0n) is 20.4. The Balaban J connectivity index is 0.00000199. The summed E-state index contributed by atoms with van der Waals surface area (Å²) in [7, 11) is 1.68. The number of nitrogens with one attached hydrogen (secondary N) is 1. The van der Waals surface area contributed by atoms with Gasteiger partial charge in [-0.25, -0.2) is 0 Å². The second-order valence-corrected chi connectivity index (χ2v) is 7.61. The molecule has 2 N–H and O–H groups in total. The van der Waals surface area contributed by atoms with Gasteiger partial charge in [0.2, 0.25) is 6.41 Å². The molecular weight excluding hydrogens is 428 g/mol. The van der Waals surface area contributed by atoms with Crippen LogP contribution in [0, 0.1) is 6.92 Å². The molecule has 3 aromatic carbocycles. The van der Waals surface area contributed by atoms with E-state index in [9.17, 15) is 9.59 Å². The monoisotopic (exact) mass is 462 g/mol. The molecule has 3 aromatic rings. The van der Waals surface area contributed by atoms with Gasteiger partial charge in [-0.05, 0) is 48.7 Å². The molecular formula is C28H34N2O4. The van der Waals surface area contributed by atoms with Crippen LogP contribution in [0.1, 0.15) is 47.3 Å². The highest BCUT2D eigenvalue weighted by Gasteiger charge is 2.24. The van der Waals surface area contributed by atoms with E-state index in [2.05, 4.69) is 5.32 Å². The topological polar surface area (TPSA) is 78.9 Å². The molecule has 0 radical (unpaired) electrons. The minimum atomic E-state index is -0.247. The van der Waals surface area contributed by atoms with Crippen LogP contribution in [0.3, 0.4) is 0 Å². The highest BCUT2D eigenvalue weighted by Crippen LogP contribution is 2.35. The van der Waals surface area contributed by atoms with Crippen LogP contribution in [-0.4, -0.2) is 42.5 Å². The fourth-order valence-electron chi connectivity index (χ4n) is 3.53. The maximum Gasteiger partial charge on any atom is 0.256 e. The number of benzene rings is 3. The van der Waals surface area contributed by atoms with Gasteiger partial charge in [0.05, 0.1) is 11.3 Å².